The molecule has 1 fully saturated rings. The standard InChI is InChI=1S/C25H28N2O4S/c1-30-24-11-10-17(13-25(24)31-20-7-3-4-8-20)12-23-22(26)15-19(16-27-23)18-6-5-9-21(14-18)32(2,28)29/h5-6,9-11,13-16,20H,3-4,7-8,12,26H2,1-2H3. The molecule has 0 unspecified atom stereocenters. The van der Waals surface area contributed by atoms with Gasteiger partial charge in [-0.1, -0.05) is 18.2 Å². The van der Waals surface area contributed by atoms with E-state index < -0.39 is 9.84 Å². The number of anilines is 1. The number of hydrogen-bond acceptors (Lipinski definition) is 6. The largest absolute Gasteiger partial charge is 0.493 e. The van der Waals surface area contributed by atoms with Gasteiger partial charge in [-0.05, 0) is 67.1 Å². The molecular weight excluding hydrogens is 424 g/mol. The first-order valence-electron chi connectivity index (χ1n) is 10.7. The second kappa shape index (κ2) is 9.20. The summed E-state index contributed by atoms with van der Waals surface area (Å²) in [7, 11) is -1.64. The Morgan fingerprint density at radius 3 is 2.50 bits per heavy atom. The number of aromatic nitrogens is 1. The highest BCUT2D eigenvalue weighted by molar-refractivity contribution is 7.90. The number of methoxy groups -OCH3 is 1. The van der Waals surface area contributed by atoms with Crippen molar-refractivity contribution >= 4 is 15.5 Å². The summed E-state index contributed by atoms with van der Waals surface area (Å²) in [6.07, 6.45) is 8.27. The highest BCUT2D eigenvalue weighted by Gasteiger charge is 2.19. The Kier molecular flexibility index (Phi) is 6.37. The summed E-state index contributed by atoms with van der Waals surface area (Å²) in [5, 5.41) is 0. The molecule has 0 radical (unpaired) electrons. The van der Waals surface area contributed by atoms with Gasteiger partial charge in [0, 0.05) is 24.4 Å². The molecule has 6 nitrogen and oxygen atoms in total. The Balaban J connectivity index is 1.57. The molecule has 3 aromatic rings. The summed E-state index contributed by atoms with van der Waals surface area (Å²) in [4.78, 5) is 4.84. The fraction of sp³-hybridized carbons (Fsp3) is 0.320. The molecule has 0 bridgehead atoms. The van der Waals surface area contributed by atoms with Crippen molar-refractivity contribution in [2.75, 3.05) is 19.1 Å². The van der Waals surface area contributed by atoms with E-state index >= 15 is 0 Å². The van der Waals surface area contributed by atoms with Gasteiger partial charge in [-0.15, -0.1) is 0 Å². The summed E-state index contributed by atoms with van der Waals surface area (Å²) in [5.74, 6) is 1.48. The predicted octanol–water partition coefficient (Wildman–Crippen LogP) is 4.66. The van der Waals surface area contributed by atoms with Gasteiger partial charge < -0.3 is 15.2 Å². The smallest absolute Gasteiger partial charge is 0.175 e. The maximum atomic E-state index is 11.9. The number of nitrogen functional groups attached to an aromatic ring is 1. The van der Waals surface area contributed by atoms with Crippen LogP contribution in [0.1, 0.15) is 36.9 Å². The molecule has 0 saturated heterocycles. The molecule has 0 aliphatic heterocycles. The summed E-state index contributed by atoms with van der Waals surface area (Å²) < 4.78 is 35.4. The van der Waals surface area contributed by atoms with Crippen molar-refractivity contribution < 1.29 is 17.9 Å². The number of sulfone groups is 1. The van der Waals surface area contributed by atoms with Gasteiger partial charge in [0.25, 0.3) is 0 Å². The molecule has 7 heteroatoms. The SMILES string of the molecule is COc1ccc(Cc2ncc(-c3cccc(S(C)(=O)=O)c3)cc2N)cc1OC1CCCC1. The minimum Gasteiger partial charge on any atom is -0.493 e. The van der Waals surface area contributed by atoms with Crippen LogP contribution in [0.4, 0.5) is 5.69 Å². The van der Waals surface area contributed by atoms with Crippen LogP contribution in [0.5, 0.6) is 11.5 Å². The summed E-state index contributed by atoms with van der Waals surface area (Å²) in [6, 6.07) is 14.5. The molecule has 1 aliphatic carbocycles. The Morgan fingerprint density at radius 2 is 1.81 bits per heavy atom. The van der Waals surface area contributed by atoms with Crippen LogP contribution in [-0.2, 0) is 16.3 Å². The van der Waals surface area contributed by atoms with E-state index in [1.807, 2.05) is 30.3 Å². The molecule has 1 heterocycles. The second-order valence-electron chi connectivity index (χ2n) is 8.25. The lowest BCUT2D eigenvalue weighted by Gasteiger charge is -2.17. The Bertz CT molecular complexity index is 1220. The van der Waals surface area contributed by atoms with Crippen molar-refractivity contribution in [1.29, 1.82) is 0 Å². The molecule has 0 spiro atoms. The first-order chi connectivity index (χ1) is 15.3. The number of benzene rings is 2. The molecular formula is C25H28N2O4S. The third kappa shape index (κ3) is 5.05. The van der Waals surface area contributed by atoms with Gasteiger partial charge >= 0.3 is 0 Å². The number of pyridine rings is 1. The summed E-state index contributed by atoms with van der Waals surface area (Å²) >= 11 is 0. The quantitative estimate of drug-likeness (QED) is 0.561. The summed E-state index contributed by atoms with van der Waals surface area (Å²) in [6.45, 7) is 0. The van der Waals surface area contributed by atoms with Crippen molar-refractivity contribution in [3.63, 3.8) is 0 Å². The van der Waals surface area contributed by atoms with E-state index in [9.17, 15) is 8.42 Å². The lowest BCUT2D eigenvalue weighted by atomic mass is 10.0. The topological polar surface area (TPSA) is 91.5 Å². The number of hydrogen-bond donors (Lipinski definition) is 1. The van der Waals surface area contributed by atoms with Gasteiger partial charge in [-0.3, -0.25) is 4.98 Å². The minimum atomic E-state index is -3.28. The lowest BCUT2D eigenvalue weighted by molar-refractivity contribution is 0.200. The maximum absolute atomic E-state index is 11.9. The van der Waals surface area contributed by atoms with Crippen LogP contribution in [-0.4, -0.2) is 32.9 Å². The molecule has 1 saturated carbocycles. The number of rotatable bonds is 7. The summed E-state index contributed by atoms with van der Waals surface area (Å²) in [5.41, 5.74) is 10.2. The fourth-order valence-corrected chi connectivity index (χ4v) is 4.69. The minimum absolute atomic E-state index is 0.240. The first kappa shape index (κ1) is 22.1. The van der Waals surface area contributed by atoms with Gasteiger partial charge in [0.1, 0.15) is 0 Å². The molecule has 1 aromatic heterocycles. The molecule has 4 rings (SSSR count). The van der Waals surface area contributed by atoms with Crippen molar-refractivity contribution in [3.05, 3.63) is 66.0 Å². The van der Waals surface area contributed by atoms with Gasteiger partial charge in [0.2, 0.25) is 0 Å². The normalized spacial score (nSPS) is 14.4. The van der Waals surface area contributed by atoms with Gasteiger partial charge in [0.15, 0.2) is 21.3 Å². The van der Waals surface area contributed by atoms with Crippen LogP contribution in [0.2, 0.25) is 0 Å². The molecule has 2 N–H and O–H groups in total. The van der Waals surface area contributed by atoms with Gasteiger partial charge in [-0.2, -0.15) is 0 Å². The Morgan fingerprint density at radius 1 is 1.03 bits per heavy atom. The van der Waals surface area contributed by atoms with E-state index in [4.69, 9.17) is 15.2 Å². The van der Waals surface area contributed by atoms with E-state index in [-0.39, 0.29) is 11.0 Å². The maximum Gasteiger partial charge on any atom is 0.175 e. The molecule has 168 valence electrons. The molecule has 0 atom stereocenters. The predicted molar refractivity (Wildman–Crippen MR) is 126 cm³/mol. The number of nitrogens with zero attached hydrogens (tertiary/aromatic N) is 1. The fourth-order valence-electron chi connectivity index (χ4n) is 4.02. The van der Waals surface area contributed by atoms with E-state index in [2.05, 4.69) is 4.98 Å². The monoisotopic (exact) mass is 452 g/mol. The first-order valence-corrected chi connectivity index (χ1v) is 12.6. The van der Waals surface area contributed by atoms with Crippen molar-refractivity contribution in [2.45, 2.75) is 43.1 Å². The molecule has 32 heavy (non-hydrogen) atoms. The zero-order chi connectivity index (χ0) is 22.7. The van der Waals surface area contributed by atoms with Crippen molar-refractivity contribution in [1.82, 2.24) is 4.98 Å². The van der Waals surface area contributed by atoms with Crippen LogP contribution in [0.25, 0.3) is 11.1 Å². The van der Waals surface area contributed by atoms with Crippen LogP contribution in [0.3, 0.4) is 0 Å². The molecule has 2 aromatic carbocycles. The Hall–Kier alpha value is -3.06. The van der Waals surface area contributed by atoms with E-state index in [0.717, 1.165) is 46.7 Å². The van der Waals surface area contributed by atoms with Crippen molar-refractivity contribution in [3.8, 4) is 22.6 Å². The zero-order valence-electron chi connectivity index (χ0n) is 18.4. The average molecular weight is 453 g/mol. The number of nitrogens with two attached hydrogens (primary N) is 1. The van der Waals surface area contributed by atoms with Gasteiger partial charge in [0.05, 0.1) is 29.5 Å². The van der Waals surface area contributed by atoms with Gasteiger partial charge in [-0.25, -0.2) is 8.42 Å². The van der Waals surface area contributed by atoms with Crippen molar-refractivity contribution in [2.24, 2.45) is 0 Å². The van der Waals surface area contributed by atoms with E-state index in [1.54, 1.807) is 31.5 Å². The lowest BCUT2D eigenvalue weighted by Crippen LogP contribution is -2.12. The van der Waals surface area contributed by atoms with Crippen LogP contribution < -0.4 is 15.2 Å². The number of ether oxygens (including phenoxy) is 2. The molecule has 0 amide bonds. The highest BCUT2D eigenvalue weighted by atomic mass is 32.2. The van der Waals surface area contributed by atoms with E-state index in [1.165, 1.54) is 19.1 Å². The Labute approximate surface area is 189 Å². The third-order valence-electron chi connectivity index (χ3n) is 5.79. The highest BCUT2D eigenvalue weighted by Crippen LogP contribution is 2.33. The average Bonchev–Trinajstić information content (AvgIpc) is 3.28. The zero-order valence-corrected chi connectivity index (χ0v) is 19.2. The van der Waals surface area contributed by atoms with Crippen LogP contribution >= 0.6 is 0 Å². The second-order valence-corrected chi connectivity index (χ2v) is 10.3. The van der Waals surface area contributed by atoms with E-state index in [0.29, 0.717) is 12.1 Å². The van der Waals surface area contributed by atoms with Crippen LogP contribution in [0.15, 0.2) is 59.6 Å². The van der Waals surface area contributed by atoms with Crippen LogP contribution in [0, 0.1) is 0 Å². The molecule has 1 aliphatic rings. The third-order valence-corrected chi connectivity index (χ3v) is 6.90.